The van der Waals surface area contributed by atoms with Gasteiger partial charge in [0.2, 0.25) is 0 Å². The van der Waals surface area contributed by atoms with Gasteiger partial charge in [-0.25, -0.2) is 5.43 Å². The lowest BCUT2D eigenvalue weighted by Gasteiger charge is -2.31. The molecular formula is C33H31N5O5. The highest BCUT2D eigenvalue weighted by Gasteiger charge is 2.28. The predicted molar refractivity (Wildman–Crippen MR) is 161 cm³/mol. The standard InChI is InChI=1S/C33H31N5O5/c1-2-43-33(42)24-12-15-37(16-13-24)32(41)23-8-6-22(7-9-23)21-38-17-14-28-26(4-3-5-29(28)38)20-35-36-31(40)25-10-11-30(39)27(18-25)19-34/h3-11,14,17-18,20,24,39H,2,12-13,15-16,21H2,1H3,(H,36,40)/b35-20+. The number of benzene rings is 3. The molecule has 0 radical (unpaired) electrons. The van der Waals surface area contributed by atoms with Crippen molar-refractivity contribution >= 4 is 34.9 Å². The van der Waals surface area contributed by atoms with E-state index in [2.05, 4.69) is 15.1 Å². The second-order valence-electron chi connectivity index (χ2n) is 10.3. The number of hydrogen-bond donors (Lipinski definition) is 2. The fourth-order valence-electron chi connectivity index (χ4n) is 5.20. The van der Waals surface area contributed by atoms with Gasteiger partial charge in [-0.1, -0.05) is 24.3 Å². The predicted octanol–water partition coefficient (Wildman–Crippen LogP) is 4.45. The number of nitriles is 1. The van der Waals surface area contributed by atoms with Gasteiger partial charge in [0.15, 0.2) is 0 Å². The van der Waals surface area contributed by atoms with E-state index in [0.29, 0.717) is 44.6 Å². The van der Waals surface area contributed by atoms with Gasteiger partial charge in [0.1, 0.15) is 11.8 Å². The average molecular weight is 578 g/mol. The van der Waals surface area contributed by atoms with Crippen LogP contribution in [0.4, 0.5) is 0 Å². The van der Waals surface area contributed by atoms with Crippen LogP contribution < -0.4 is 5.43 Å². The molecule has 1 saturated heterocycles. The summed E-state index contributed by atoms with van der Waals surface area (Å²) in [6.45, 7) is 3.84. The third-order valence-corrected chi connectivity index (χ3v) is 7.55. The first-order valence-electron chi connectivity index (χ1n) is 14.1. The van der Waals surface area contributed by atoms with Gasteiger partial charge in [0.05, 0.1) is 24.3 Å². The smallest absolute Gasteiger partial charge is 0.309 e. The van der Waals surface area contributed by atoms with Crippen molar-refractivity contribution in [2.24, 2.45) is 11.0 Å². The number of carbonyl (C=O) groups excluding carboxylic acids is 3. The van der Waals surface area contributed by atoms with Crippen molar-refractivity contribution in [3.05, 3.63) is 101 Å². The lowest BCUT2D eigenvalue weighted by molar-refractivity contribution is -0.149. The first kappa shape index (κ1) is 29.1. The van der Waals surface area contributed by atoms with Crippen LogP contribution in [0, 0.1) is 17.2 Å². The lowest BCUT2D eigenvalue weighted by Crippen LogP contribution is -2.40. The molecule has 3 aromatic carbocycles. The first-order chi connectivity index (χ1) is 20.9. The highest BCUT2D eigenvalue weighted by Crippen LogP contribution is 2.23. The van der Waals surface area contributed by atoms with Gasteiger partial charge in [-0.2, -0.15) is 10.4 Å². The number of hydrazone groups is 1. The molecule has 0 spiro atoms. The van der Waals surface area contributed by atoms with Crippen LogP contribution in [-0.4, -0.2) is 58.3 Å². The molecule has 5 rings (SSSR count). The van der Waals surface area contributed by atoms with E-state index in [0.717, 1.165) is 22.0 Å². The van der Waals surface area contributed by atoms with Crippen molar-refractivity contribution in [3.8, 4) is 11.8 Å². The molecule has 218 valence electrons. The average Bonchev–Trinajstić information content (AvgIpc) is 3.44. The Morgan fingerprint density at radius 2 is 1.81 bits per heavy atom. The molecule has 2 N–H and O–H groups in total. The van der Waals surface area contributed by atoms with Gasteiger partial charge in [-0.15, -0.1) is 0 Å². The van der Waals surface area contributed by atoms with Crippen LogP contribution >= 0.6 is 0 Å². The maximum atomic E-state index is 13.0. The summed E-state index contributed by atoms with van der Waals surface area (Å²) in [6.07, 6.45) is 4.77. The van der Waals surface area contributed by atoms with E-state index in [-0.39, 0.29) is 34.7 Å². The molecule has 4 aromatic rings. The summed E-state index contributed by atoms with van der Waals surface area (Å²) < 4.78 is 7.22. The second-order valence-corrected chi connectivity index (χ2v) is 10.3. The third-order valence-electron chi connectivity index (χ3n) is 7.55. The van der Waals surface area contributed by atoms with E-state index in [9.17, 15) is 19.5 Å². The molecule has 0 unspecified atom stereocenters. The summed E-state index contributed by atoms with van der Waals surface area (Å²) in [5, 5.41) is 23.7. The molecule has 10 nitrogen and oxygen atoms in total. The molecule has 1 fully saturated rings. The van der Waals surface area contributed by atoms with Crippen LogP contribution in [0.25, 0.3) is 10.9 Å². The second kappa shape index (κ2) is 13.0. The molecule has 1 aromatic heterocycles. The minimum Gasteiger partial charge on any atom is -0.507 e. The van der Waals surface area contributed by atoms with Crippen molar-refractivity contribution in [2.75, 3.05) is 19.7 Å². The van der Waals surface area contributed by atoms with Gasteiger partial charge in [-0.3, -0.25) is 14.4 Å². The van der Waals surface area contributed by atoms with Gasteiger partial charge in [0.25, 0.3) is 11.8 Å². The monoisotopic (exact) mass is 577 g/mol. The molecule has 2 heterocycles. The molecule has 43 heavy (non-hydrogen) atoms. The summed E-state index contributed by atoms with van der Waals surface area (Å²) in [5.41, 5.74) is 6.13. The molecule has 0 bridgehead atoms. The number of carbonyl (C=O) groups is 3. The maximum Gasteiger partial charge on any atom is 0.309 e. The zero-order chi connectivity index (χ0) is 30.3. The Kier molecular flexibility index (Phi) is 8.82. The van der Waals surface area contributed by atoms with Crippen molar-refractivity contribution in [1.82, 2.24) is 14.9 Å². The van der Waals surface area contributed by atoms with Crippen molar-refractivity contribution in [3.63, 3.8) is 0 Å². The number of esters is 1. The normalized spacial score (nSPS) is 13.6. The highest BCUT2D eigenvalue weighted by atomic mass is 16.5. The van der Waals surface area contributed by atoms with Crippen molar-refractivity contribution < 1.29 is 24.2 Å². The van der Waals surface area contributed by atoms with Crippen LogP contribution in [0.15, 0.2) is 78.0 Å². The topological polar surface area (TPSA) is 137 Å². The number of aromatic nitrogens is 1. The molecule has 0 atom stereocenters. The number of hydrogen-bond acceptors (Lipinski definition) is 7. The molecule has 0 saturated carbocycles. The number of phenolic OH excluding ortho intramolecular Hbond substituents is 1. The summed E-state index contributed by atoms with van der Waals surface area (Å²) in [6, 6.07) is 21.2. The quantitative estimate of drug-likeness (QED) is 0.180. The van der Waals surface area contributed by atoms with Crippen molar-refractivity contribution in [1.29, 1.82) is 5.26 Å². The highest BCUT2D eigenvalue weighted by molar-refractivity contribution is 6.00. The molecule has 2 amide bonds. The molecule has 0 aliphatic carbocycles. The molecule has 10 heteroatoms. The zero-order valence-corrected chi connectivity index (χ0v) is 23.7. The SMILES string of the molecule is CCOC(=O)C1CCN(C(=O)c2ccc(Cn3ccc4c(/C=N/NC(=O)c5ccc(O)c(C#N)c5)cccc43)cc2)CC1. The van der Waals surface area contributed by atoms with Crippen LogP contribution in [0.5, 0.6) is 5.75 Å². The molecular weight excluding hydrogens is 546 g/mol. The third kappa shape index (κ3) is 6.57. The lowest BCUT2D eigenvalue weighted by atomic mass is 9.96. The van der Waals surface area contributed by atoms with Crippen LogP contribution in [0.2, 0.25) is 0 Å². The Balaban J connectivity index is 1.21. The van der Waals surface area contributed by atoms with Gasteiger partial charge in [0, 0.05) is 53.4 Å². The number of nitrogens with one attached hydrogen (secondary N) is 1. The summed E-state index contributed by atoms with van der Waals surface area (Å²) in [4.78, 5) is 39.3. The Labute approximate surface area is 248 Å². The number of phenols is 1. The Morgan fingerprint density at radius 1 is 1.07 bits per heavy atom. The Hall–Kier alpha value is -5.43. The number of piperidine rings is 1. The van der Waals surface area contributed by atoms with E-state index >= 15 is 0 Å². The molecule has 1 aliphatic heterocycles. The van der Waals surface area contributed by atoms with Crippen LogP contribution in [0.1, 0.15) is 57.2 Å². The van der Waals surface area contributed by atoms with E-state index < -0.39 is 5.91 Å². The Morgan fingerprint density at radius 3 is 2.53 bits per heavy atom. The van der Waals surface area contributed by atoms with E-state index in [4.69, 9.17) is 10.00 Å². The minimum atomic E-state index is -0.499. The summed E-state index contributed by atoms with van der Waals surface area (Å²) in [5.74, 6) is -1.04. The summed E-state index contributed by atoms with van der Waals surface area (Å²) >= 11 is 0. The number of nitrogens with zero attached hydrogens (tertiary/aromatic N) is 4. The number of likely N-dealkylation sites (tertiary alicyclic amines) is 1. The fourth-order valence-corrected chi connectivity index (χ4v) is 5.20. The van der Waals surface area contributed by atoms with Gasteiger partial charge >= 0.3 is 5.97 Å². The van der Waals surface area contributed by atoms with Gasteiger partial charge in [-0.05, 0) is 67.8 Å². The first-order valence-corrected chi connectivity index (χ1v) is 14.1. The zero-order valence-electron chi connectivity index (χ0n) is 23.7. The van der Waals surface area contributed by atoms with E-state index in [1.807, 2.05) is 60.8 Å². The van der Waals surface area contributed by atoms with Gasteiger partial charge < -0.3 is 19.3 Å². The van der Waals surface area contributed by atoms with E-state index in [1.54, 1.807) is 18.0 Å². The minimum absolute atomic E-state index is 0.0106. The van der Waals surface area contributed by atoms with Crippen molar-refractivity contribution in [2.45, 2.75) is 26.3 Å². The number of amides is 2. The largest absolute Gasteiger partial charge is 0.507 e. The number of fused-ring (bicyclic) bond motifs is 1. The maximum absolute atomic E-state index is 13.0. The van der Waals surface area contributed by atoms with E-state index in [1.165, 1.54) is 18.2 Å². The van der Waals surface area contributed by atoms with Crippen LogP contribution in [0.3, 0.4) is 0 Å². The molecule has 1 aliphatic rings. The number of aromatic hydroxyl groups is 1. The summed E-state index contributed by atoms with van der Waals surface area (Å²) in [7, 11) is 0. The fraction of sp³-hybridized carbons (Fsp3) is 0.242. The number of ether oxygens (including phenoxy) is 1. The Bertz CT molecular complexity index is 1730. The number of rotatable bonds is 8. The van der Waals surface area contributed by atoms with Crippen LogP contribution in [-0.2, 0) is 16.1 Å².